The molecule has 0 spiro atoms. The quantitative estimate of drug-likeness (QED) is 0.920. The van der Waals surface area contributed by atoms with Crippen LogP contribution in [0.5, 0.6) is 0 Å². The van der Waals surface area contributed by atoms with Gasteiger partial charge in [-0.3, -0.25) is 9.69 Å². The van der Waals surface area contributed by atoms with E-state index in [2.05, 4.69) is 4.90 Å². The van der Waals surface area contributed by atoms with Gasteiger partial charge in [-0.25, -0.2) is 0 Å². The van der Waals surface area contributed by atoms with Crippen LogP contribution in [0, 0.1) is 0 Å². The van der Waals surface area contributed by atoms with E-state index < -0.39 is 11.5 Å². The average molecular weight is 302 g/mol. The average Bonchev–Trinajstić information content (AvgIpc) is 2.85. The molecule has 0 aromatic heterocycles. The molecule has 1 saturated heterocycles. The molecule has 1 aromatic rings. The molecule has 3 nitrogen and oxygen atoms in total. The van der Waals surface area contributed by atoms with Gasteiger partial charge in [0.1, 0.15) is 0 Å². The van der Waals surface area contributed by atoms with Crippen LogP contribution < -0.4 is 0 Å². The Morgan fingerprint density at radius 3 is 2.58 bits per heavy atom. The molecule has 0 aliphatic carbocycles. The van der Waals surface area contributed by atoms with Gasteiger partial charge in [0.25, 0.3) is 0 Å². The maximum atomic E-state index is 11.2. The number of carboxylic acids is 1. The normalized spacial score (nSPS) is 19.3. The van der Waals surface area contributed by atoms with Crippen LogP contribution in [0.2, 0.25) is 10.0 Å². The zero-order valence-electron chi connectivity index (χ0n) is 10.8. The highest BCUT2D eigenvalue weighted by Gasteiger charge is 2.39. The summed E-state index contributed by atoms with van der Waals surface area (Å²) in [5.74, 6) is -0.828. The third kappa shape index (κ3) is 2.88. The first-order valence-corrected chi connectivity index (χ1v) is 7.12. The lowest BCUT2D eigenvalue weighted by molar-refractivity contribution is -0.140. The molecule has 0 amide bonds. The number of nitrogens with zero attached hydrogens (tertiary/aromatic N) is 1. The van der Waals surface area contributed by atoms with Gasteiger partial charge in [0, 0.05) is 0 Å². The Hall–Kier alpha value is -0.770. The molecule has 2 rings (SSSR count). The number of carboxylic acid groups (broad SMARTS) is 1. The summed E-state index contributed by atoms with van der Waals surface area (Å²) < 4.78 is 0. The number of rotatable bonds is 4. The molecule has 1 N–H and O–H groups in total. The van der Waals surface area contributed by atoms with E-state index in [0.717, 1.165) is 31.5 Å². The first-order chi connectivity index (χ1) is 8.95. The predicted octanol–water partition coefficient (Wildman–Crippen LogP) is 3.78. The van der Waals surface area contributed by atoms with Crippen LogP contribution in [0.4, 0.5) is 0 Å². The lowest BCUT2D eigenvalue weighted by Gasteiger charge is -2.39. The third-order valence-electron chi connectivity index (χ3n) is 3.83. The molecule has 1 aliphatic rings. The highest BCUT2D eigenvalue weighted by molar-refractivity contribution is 6.42. The molecule has 0 saturated carbocycles. The predicted molar refractivity (Wildman–Crippen MR) is 76.9 cm³/mol. The molecule has 0 radical (unpaired) electrons. The van der Waals surface area contributed by atoms with Crippen molar-refractivity contribution in [1.82, 2.24) is 4.90 Å². The second-order valence-corrected chi connectivity index (χ2v) is 5.93. The van der Waals surface area contributed by atoms with Gasteiger partial charge in [-0.05, 0) is 44.5 Å². The van der Waals surface area contributed by atoms with Crippen LogP contribution in [0.1, 0.15) is 31.7 Å². The van der Waals surface area contributed by atoms with Crippen LogP contribution in [-0.4, -0.2) is 29.1 Å². The van der Waals surface area contributed by atoms with Crippen molar-refractivity contribution in [3.63, 3.8) is 0 Å². The highest BCUT2D eigenvalue weighted by atomic mass is 35.5. The van der Waals surface area contributed by atoms with Gasteiger partial charge >= 0.3 is 5.97 Å². The van der Waals surface area contributed by atoms with Crippen LogP contribution in [0.3, 0.4) is 0 Å². The van der Waals surface area contributed by atoms with Crippen LogP contribution in [-0.2, 0) is 10.3 Å². The summed E-state index contributed by atoms with van der Waals surface area (Å²) in [5.41, 5.74) is 0.190. The molecule has 104 valence electrons. The smallest absolute Gasteiger partial charge is 0.305 e. The van der Waals surface area contributed by atoms with E-state index in [9.17, 15) is 9.90 Å². The van der Waals surface area contributed by atoms with Crippen molar-refractivity contribution < 1.29 is 9.90 Å². The summed E-state index contributed by atoms with van der Waals surface area (Å²) in [6.45, 7) is 3.73. The van der Waals surface area contributed by atoms with E-state index in [1.165, 1.54) is 0 Å². The third-order valence-corrected chi connectivity index (χ3v) is 4.65. The van der Waals surface area contributed by atoms with E-state index in [4.69, 9.17) is 23.2 Å². The summed E-state index contributed by atoms with van der Waals surface area (Å²) >= 11 is 12.4. The Balaban J connectivity index is 2.47. The van der Waals surface area contributed by atoms with Crippen LogP contribution in [0.15, 0.2) is 18.2 Å². The molecule has 5 heteroatoms. The number of likely N-dealkylation sites (tertiary alicyclic amines) is 1. The van der Waals surface area contributed by atoms with Gasteiger partial charge in [-0.2, -0.15) is 0 Å². The Morgan fingerprint density at radius 1 is 1.37 bits per heavy atom. The topological polar surface area (TPSA) is 40.5 Å². The van der Waals surface area contributed by atoms with Crippen molar-refractivity contribution in [1.29, 1.82) is 0 Å². The van der Waals surface area contributed by atoms with Crippen molar-refractivity contribution in [2.24, 2.45) is 0 Å². The summed E-state index contributed by atoms with van der Waals surface area (Å²) in [4.78, 5) is 13.4. The highest BCUT2D eigenvalue weighted by Crippen LogP contribution is 2.40. The lowest BCUT2D eigenvalue weighted by Crippen LogP contribution is -2.44. The van der Waals surface area contributed by atoms with Gasteiger partial charge < -0.3 is 5.11 Å². The second kappa shape index (κ2) is 5.70. The second-order valence-electron chi connectivity index (χ2n) is 5.14. The number of hydrogen-bond donors (Lipinski definition) is 1. The standard InChI is InChI=1S/C14H17Cl2NO2/c1-14(9-12(18)19,17-7-2-3-8-17)10-5-4-6-11(15)13(10)16/h4-6H,2-3,7-9H2,1H3,(H,18,19). The van der Waals surface area contributed by atoms with Crippen LogP contribution in [0.25, 0.3) is 0 Å². The van der Waals surface area contributed by atoms with Crippen molar-refractivity contribution in [3.05, 3.63) is 33.8 Å². The molecular weight excluding hydrogens is 285 g/mol. The Labute approximate surface area is 123 Å². The fourth-order valence-corrected chi connectivity index (χ4v) is 3.31. The molecule has 1 fully saturated rings. The van der Waals surface area contributed by atoms with E-state index in [-0.39, 0.29) is 6.42 Å². The Kier molecular flexibility index (Phi) is 4.39. The zero-order chi connectivity index (χ0) is 14.0. The summed E-state index contributed by atoms with van der Waals surface area (Å²) in [5, 5.41) is 10.2. The molecule has 1 heterocycles. The summed E-state index contributed by atoms with van der Waals surface area (Å²) in [7, 11) is 0. The first-order valence-electron chi connectivity index (χ1n) is 6.36. The lowest BCUT2D eigenvalue weighted by atomic mass is 9.86. The Bertz CT molecular complexity index is 486. The number of halogens is 2. The van der Waals surface area contributed by atoms with Gasteiger partial charge in [-0.15, -0.1) is 0 Å². The van der Waals surface area contributed by atoms with Crippen molar-refractivity contribution in [3.8, 4) is 0 Å². The number of benzene rings is 1. The van der Waals surface area contributed by atoms with E-state index >= 15 is 0 Å². The molecule has 0 bridgehead atoms. The minimum Gasteiger partial charge on any atom is -0.481 e. The molecular formula is C14H17Cl2NO2. The van der Waals surface area contributed by atoms with Crippen molar-refractivity contribution >= 4 is 29.2 Å². The van der Waals surface area contributed by atoms with Crippen molar-refractivity contribution in [2.45, 2.75) is 31.7 Å². The monoisotopic (exact) mass is 301 g/mol. The zero-order valence-corrected chi connectivity index (χ0v) is 12.3. The van der Waals surface area contributed by atoms with Gasteiger partial charge in [0.15, 0.2) is 0 Å². The largest absolute Gasteiger partial charge is 0.481 e. The van der Waals surface area contributed by atoms with Gasteiger partial charge in [0.05, 0.1) is 22.0 Å². The van der Waals surface area contributed by atoms with Crippen molar-refractivity contribution in [2.75, 3.05) is 13.1 Å². The molecule has 1 unspecified atom stereocenters. The fourth-order valence-electron chi connectivity index (χ4n) is 2.80. The summed E-state index contributed by atoms with van der Waals surface area (Å²) in [6, 6.07) is 5.41. The summed E-state index contributed by atoms with van der Waals surface area (Å²) in [6.07, 6.45) is 2.20. The number of hydrogen-bond acceptors (Lipinski definition) is 2. The SMILES string of the molecule is CC(CC(=O)O)(c1cccc(Cl)c1Cl)N1CCCC1. The van der Waals surface area contributed by atoms with Gasteiger partial charge in [-0.1, -0.05) is 35.3 Å². The van der Waals surface area contributed by atoms with E-state index in [1.54, 1.807) is 6.07 Å². The Morgan fingerprint density at radius 2 is 2.00 bits per heavy atom. The van der Waals surface area contributed by atoms with E-state index in [0.29, 0.717) is 10.0 Å². The number of carbonyl (C=O) groups is 1. The molecule has 19 heavy (non-hydrogen) atoms. The fraction of sp³-hybridized carbons (Fsp3) is 0.500. The maximum absolute atomic E-state index is 11.2. The molecule has 1 aliphatic heterocycles. The van der Waals surface area contributed by atoms with Gasteiger partial charge in [0.2, 0.25) is 0 Å². The number of aliphatic carboxylic acids is 1. The minimum atomic E-state index is -0.828. The van der Waals surface area contributed by atoms with E-state index in [1.807, 2.05) is 19.1 Å². The first kappa shape index (κ1) is 14.6. The molecule has 1 aromatic carbocycles. The minimum absolute atomic E-state index is 0.0209. The maximum Gasteiger partial charge on any atom is 0.305 e. The molecule has 1 atom stereocenters. The van der Waals surface area contributed by atoms with Crippen LogP contribution >= 0.6 is 23.2 Å².